The molecular weight excluding hydrogens is 459 g/mol. The summed E-state index contributed by atoms with van der Waals surface area (Å²) in [7, 11) is 0. The lowest BCUT2D eigenvalue weighted by Gasteiger charge is -2.40. The van der Waals surface area contributed by atoms with Gasteiger partial charge in [-0.05, 0) is 79.0 Å². The summed E-state index contributed by atoms with van der Waals surface area (Å²) in [5, 5.41) is 4.30. The number of hydrogen-bond acceptors (Lipinski definition) is 5. The summed E-state index contributed by atoms with van der Waals surface area (Å²) >= 11 is 3.21. The Morgan fingerprint density at radius 1 is 1.15 bits per heavy atom. The van der Waals surface area contributed by atoms with Crippen LogP contribution in [0, 0.1) is 23.6 Å². The maximum Gasteiger partial charge on any atom is 0.305 e. The lowest BCUT2D eigenvalue weighted by atomic mass is 9.75. The Hall–Kier alpha value is -2.58. The van der Waals surface area contributed by atoms with Gasteiger partial charge in [0.15, 0.2) is 6.61 Å². The highest BCUT2D eigenvalue weighted by Crippen LogP contribution is 2.63. The number of halogens is 1. The molecule has 2 heterocycles. The first-order valence-electron chi connectivity index (χ1n) is 11.2. The van der Waals surface area contributed by atoms with Crippen molar-refractivity contribution in [3.05, 3.63) is 74.5 Å². The Kier molecular flexibility index (Phi) is 5.30. The van der Waals surface area contributed by atoms with E-state index >= 15 is 0 Å². The first-order valence-corrected chi connectivity index (χ1v) is 12.9. The van der Waals surface area contributed by atoms with Crippen molar-refractivity contribution < 1.29 is 13.9 Å². The molecule has 1 aromatic heterocycles. The Morgan fingerprint density at radius 2 is 1.97 bits per heavy atom. The van der Waals surface area contributed by atoms with Crippen molar-refractivity contribution in [3.63, 3.8) is 0 Å². The molecular formula is C25H23FN2O3S2. The molecule has 4 unspecified atom stereocenters. The molecule has 2 N–H and O–H groups in total. The van der Waals surface area contributed by atoms with E-state index in [1.165, 1.54) is 54.9 Å². The monoisotopic (exact) mass is 482 g/mol. The topological polar surface area (TPSA) is 71.2 Å². The van der Waals surface area contributed by atoms with E-state index in [0.717, 1.165) is 21.4 Å². The number of ether oxygens (including phenoxy) is 1. The third-order valence-electron chi connectivity index (χ3n) is 7.18. The number of H-pyrrole nitrogens is 1. The van der Waals surface area contributed by atoms with E-state index in [4.69, 9.17) is 4.74 Å². The van der Waals surface area contributed by atoms with Gasteiger partial charge in [-0.25, -0.2) is 4.39 Å². The second kappa shape index (κ2) is 8.33. The van der Waals surface area contributed by atoms with Gasteiger partial charge in [0.2, 0.25) is 0 Å². The fourth-order valence-corrected chi connectivity index (χ4v) is 8.79. The van der Waals surface area contributed by atoms with Crippen LogP contribution in [0.15, 0.2) is 58.4 Å². The lowest BCUT2D eigenvalue weighted by Crippen LogP contribution is -2.33. The first kappa shape index (κ1) is 21.0. The molecule has 33 heavy (non-hydrogen) atoms. The van der Waals surface area contributed by atoms with E-state index in [1.54, 1.807) is 0 Å². The molecule has 2 aliphatic carbocycles. The summed E-state index contributed by atoms with van der Waals surface area (Å²) in [6.07, 6.45) is 3.86. The maximum absolute atomic E-state index is 13.1. The number of thioether (sulfide) groups is 1. The molecule has 3 aromatic rings. The summed E-state index contributed by atoms with van der Waals surface area (Å²) in [5.41, 5.74) is 1.67. The largest absolute Gasteiger partial charge is 0.484 e. The SMILES string of the molecule is O=C(COc1cccc([C@H]2c3sc(=O)[nH]c3SC3C4CCC(C4)C32)c1)Nc1ccc(F)cc1. The number of hydrogen-bond donors (Lipinski definition) is 2. The number of carbonyl (C=O) groups excluding carboxylic acids is 1. The lowest BCUT2D eigenvalue weighted by molar-refractivity contribution is -0.118. The van der Waals surface area contributed by atoms with Crippen molar-refractivity contribution >= 4 is 34.7 Å². The number of thiazole rings is 1. The minimum atomic E-state index is -0.351. The summed E-state index contributed by atoms with van der Waals surface area (Å²) in [5.74, 6) is 2.12. The first-order chi connectivity index (χ1) is 16.0. The Balaban J connectivity index is 1.22. The third kappa shape index (κ3) is 3.89. The Bertz CT molecular complexity index is 1260. The zero-order valence-electron chi connectivity index (χ0n) is 17.8. The van der Waals surface area contributed by atoms with Crippen molar-refractivity contribution in [2.45, 2.75) is 35.5 Å². The molecule has 3 aliphatic rings. The number of carbonyl (C=O) groups is 1. The van der Waals surface area contributed by atoms with Gasteiger partial charge in [0.1, 0.15) is 11.6 Å². The molecule has 0 radical (unpaired) electrons. The van der Waals surface area contributed by atoms with Crippen LogP contribution in [-0.2, 0) is 4.79 Å². The number of amides is 1. The molecule has 0 saturated heterocycles. The minimum absolute atomic E-state index is 0.00897. The molecule has 1 aliphatic heterocycles. The number of rotatable bonds is 5. The third-order valence-corrected chi connectivity index (χ3v) is 9.80. The van der Waals surface area contributed by atoms with Crippen molar-refractivity contribution in [1.82, 2.24) is 4.98 Å². The zero-order valence-corrected chi connectivity index (χ0v) is 19.4. The van der Waals surface area contributed by atoms with Crippen molar-refractivity contribution in [3.8, 4) is 5.75 Å². The van der Waals surface area contributed by atoms with Gasteiger partial charge in [0, 0.05) is 21.7 Å². The summed E-state index contributed by atoms with van der Waals surface area (Å²) in [4.78, 5) is 28.7. The standard InChI is InChI=1S/C25H23FN2O3S2/c26-16-6-8-17(9-7-16)27-19(29)12-31-18-3-1-2-13(11-18)21-20-14-4-5-15(10-14)22(20)32-24-23(21)33-25(30)28-24/h1-3,6-9,11,14-15,20-22H,4-5,10,12H2,(H,27,29)(H,28,30)/t14?,15?,20?,21-,22?/m1/s1. The molecule has 2 fully saturated rings. The van der Waals surface area contributed by atoms with E-state index in [9.17, 15) is 14.0 Å². The van der Waals surface area contributed by atoms with Crippen LogP contribution < -0.4 is 14.9 Å². The van der Waals surface area contributed by atoms with Crippen LogP contribution in [0.5, 0.6) is 5.75 Å². The second-order valence-corrected chi connectivity index (χ2v) is 11.3. The van der Waals surface area contributed by atoms with E-state index < -0.39 is 0 Å². The van der Waals surface area contributed by atoms with Crippen LogP contribution in [0.3, 0.4) is 0 Å². The zero-order chi connectivity index (χ0) is 22.5. The number of aromatic amines is 1. The molecule has 5 atom stereocenters. The quantitative estimate of drug-likeness (QED) is 0.521. The van der Waals surface area contributed by atoms with Crippen molar-refractivity contribution in [1.29, 1.82) is 0 Å². The molecule has 2 saturated carbocycles. The van der Waals surface area contributed by atoms with Gasteiger partial charge in [-0.15, -0.1) is 11.8 Å². The second-order valence-electron chi connectivity index (χ2n) is 9.09. The van der Waals surface area contributed by atoms with Gasteiger partial charge in [0.05, 0.1) is 5.03 Å². The van der Waals surface area contributed by atoms with Crippen molar-refractivity contribution in [2.24, 2.45) is 17.8 Å². The van der Waals surface area contributed by atoms with Crippen LogP contribution in [-0.4, -0.2) is 22.7 Å². The molecule has 8 heteroatoms. The molecule has 2 bridgehead atoms. The Labute approximate surface area is 198 Å². The van der Waals surface area contributed by atoms with Crippen LogP contribution >= 0.6 is 23.1 Å². The normalized spacial score (nSPS) is 27.1. The summed E-state index contributed by atoms with van der Waals surface area (Å²) in [6, 6.07) is 13.6. The van der Waals surface area contributed by atoms with E-state index in [-0.39, 0.29) is 29.1 Å². The maximum atomic E-state index is 13.1. The van der Waals surface area contributed by atoms with Gasteiger partial charge >= 0.3 is 4.87 Å². The van der Waals surface area contributed by atoms with Gasteiger partial charge in [0.25, 0.3) is 5.91 Å². The number of nitrogens with one attached hydrogen (secondary N) is 2. The van der Waals surface area contributed by atoms with Gasteiger partial charge in [-0.2, -0.15) is 0 Å². The fourth-order valence-electron chi connectivity index (χ4n) is 5.90. The predicted molar refractivity (Wildman–Crippen MR) is 128 cm³/mol. The summed E-state index contributed by atoms with van der Waals surface area (Å²) in [6.45, 7) is -0.138. The smallest absolute Gasteiger partial charge is 0.305 e. The van der Waals surface area contributed by atoms with Gasteiger partial charge in [-0.1, -0.05) is 23.5 Å². The predicted octanol–water partition coefficient (Wildman–Crippen LogP) is 5.25. The van der Waals surface area contributed by atoms with E-state index in [1.807, 2.05) is 30.0 Å². The average molecular weight is 483 g/mol. The molecule has 170 valence electrons. The van der Waals surface area contributed by atoms with Crippen molar-refractivity contribution in [2.75, 3.05) is 11.9 Å². The molecule has 5 nitrogen and oxygen atoms in total. The number of fused-ring (bicyclic) bond motifs is 6. The molecule has 2 aromatic carbocycles. The minimum Gasteiger partial charge on any atom is -0.484 e. The number of anilines is 1. The van der Waals surface area contributed by atoms with Crippen LogP contribution in [0.2, 0.25) is 0 Å². The molecule has 0 spiro atoms. The summed E-state index contributed by atoms with van der Waals surface area (Å²) < 4.78 is 18.9. The number of aromatic nitrogens is 1. The molecule has 6 rings (SSSR count). The van der Waals surface area contributed by atoms with E-state index in [2.05, 4.69) is 16.4 Å². The number of benzene rings is 2. The Morgan fingerprint density at radius 3 is 2.82 bits per heavy atom. The van der Waals surface area contributed by atoms with Crippen LogP contribution in [0.4, 0.5) is 10.1 Å². The molecule has 1 amide bonds. The fraction of sp³-hybridized carbons (Fsp3) is 0.360. The van der Waals surface area contributed by atoms with Gasteiger partial charge in [-0.3, -0.25) is 9.59 Å². The highest BCUT2D eigenvalue weighted by Gasteiger charge is 2.54. The highest BCUT2D eigenvalue weighted by molar-refractivity contribution is 8.00. The van der Waals surface area contributed by atoms with Crippen LogP contribution in [0.25, 0.3) is 0 Å². The van der Waals surface area contributed by atoms with Crippen LogP contribution in [0.1, 0.15) is 35.6 Å². The van der Waals surface area contributed by atoms with E-state index in [0.29, 0.717) is 28.5 Å². The average Bonchev–Trinajstić information content (AvgIpc) is 3.52. The highest BCUT2D eigenvalue weighted by atomic mass is 32.2. The van der Waals surface area contributed by atoms with Gasteiger partial charge < -0.3 is 15.0 Å².